The van der Waals surface area contributed by atoms with Crippen LogP contribution in [0.15, 0.2) is 40.5 Å². The van der Waals surface area contributed by atoms with Gasteiger partial charge in [0, 0.05) is 0 Å². The molecular weight excluding hydrogens is 517 g/mol. The molecule has 2 rings (SSSR count). The predicted octanol–water partition coefficient (Wildman–Crippen LogP) is 8.27. The molecule has 0 radical (unpaired) electrons. The third-order valence-corrected chi connectivity index (χ3v) is 20.6. The van der Waals surface area contributed by atoms with E-state index in [1.165, 1.54) is 51.8 Å². The van der Waals surface area contributed by atoms with Crippen LogP contribution in [0.3, 0.4) is 0 Å². The zero-order valence-corrected chi connectivity index (χ0v) is 24.8. The van der Waals surface area contributed by atoms with Crippen LogP contribution in [0.5, 0.6) is 0 Å². The van der Waals surface area contributed by atoms with Crippen molar-refractivity contribution in [1.29, 1.82) is 0 Å². The second-order valence-corrected chi connectivity index (χ2v) is 23.6. The monoisotopic (exact) mass is 565 g/mol. The van der Waals surface area contributed by atoms with Crippen molar-refractivity contribution in [3.05, 3.63) is 46.1 Å². The van der Waals surface area contributed by atoms with Crippen molar-refractivity contribution < 1.29 is 14.3 Å². The summed E-state index contributed by atoms with van der Waals surface area (Å²) in [4.78, 5) is 15.1. The van der Waals surface area contributed by atoms with Crippen molar-refractivity contribution >= 4 is 24.5 Å². The molecule has 4 nitrogen and oxygen atoms in total. The van der Waals surface area contributed by atoms with Crippen LogP contribution in [0.25, 0.3) is 0 Å². The summed E-state index contributed by atoms with van der Waals surface area (Å²) in [6, 6.07) is 10.1. The first-order chi connectivity index (χ1) is 15.7. The zero-order chi connectivity index (χ0) is 24.3. The van der Waals surface area contributed by atoms with Crippen LogP contribution >= 0.6 is 0 Å². The molecule has 1 aromatic carbocycles. The maximum absolute atomic E-state index is 13.3. The van der Waals surface area contributed by atoms with Gasteiger partial charge in [0.05, 0.1) is 0 Å². The van der Waals surface area contributed by atoms with Gasteiger partial charge >= 0.3 is 208 Å². The normalized spacial score (nSPS) is 19.4. The van der Waals surface area contributed by atoms with Crippen LogP contribution in [0, 0.1) is 0 Å². The summed E-state index contributed by atoms with van der Waals surface area (Å²) in [7, 11) is 0. The fraction of sp³-hybridized carbons (Fsp3) is 0.679. The van der Waals surface area contributed by atoms with Crippen molar-refractivity contribution in [2.75, 3.05) is 6.61 Å². The number of rotatable bonds is 12. The Bertz CT molecular complexity index is 707. The van der Waals surface area contributed by atoms with Gasteiger partial charge in [-0.2, -0.15) is 0 Å². The van der Waals surface area contributed by atoms with Gasteiger partial charge in [0.1, 0.15) is 0 Å². The van der Waals surface area contributed by atoms with Crippen LogP contribution in [0.1, 0.15) is 91.7 Å². The SMILES string of the molecule is CCC[CH2][Sn](/[CH]=C/[C@@H]1OC[C@@H](c2ccccc2)N1C(=O)OC(C)(C)C)([CH2]CCC)[CH2]CCC. The molecule has 1 amide bonds. The van der Waals surface area contributed by atoms with Crippen molar-refractivity contribution in [2.24, 2.45) is 0 Å². The van der Waals surface area contributed by atoms with Crippen molar-refractivity contribution in [2.45, 2.75) is 111 Å². The number of benzene rings is 1. The molecule has 1 heterocycles. The maximum atomic E-state index is 13.3. The van der Waals surface area contributed by atoms with E-state index < -0.39 is 24.0 Å². The number of amides is 1. The quantitative estimate of drug-likeness (QED) is 0.240. The van der Waals surface area contributed by atoms with Crippen molar-refractivity contribution in [3.8, 4) is 0 Å². The molecule has 2 atom stereocenters. The Kier molecular flexibility index (Phi) is 11.8. The Labute approximate surface area is 207 Å². The third kappa shape index (κ3) is 8.93. The van der Waals surface area contributed by atoms with E-state index in [1.807, 2.05) is 43.9 Å². The number of hydrogen-bond acceptors (Lipinski definition) is 3. The van der Waals surface area contributed by atoms with Crippen LogP contribution in [-0.2, 0) is 9.47 Å². The molecule has 0 spiro atoms. The Hall–Kier alpha value is -1.01. The molecule has 1 aliphatic heterocycles. The van der Waals surface area contributed by atoms with Crippen LogP contribution in [0.2, 0.25) is 13.3 Å². The van der Waals surface area contributed by atoms with Crippen molar-refractivity contribution in [1.82, 2.24) is 4.90 Å². The topological polar surface area (TPSA) is 38.8 Å². The number of hydrogen-bond donors (Lipinski definition) is 0. The summed E-state index contributed by atoms with van der Waals surface area (Å²) in [5.41, 5.74) is 0.554. The van der Waals surface area contributed by atoms with Crippen molar-refractivity contribution in [3.63, 3.8) is 0 Å². The minimum absolute atomic E-state index is 0.123. The summed E-state index contributed by atoms with van der Waals surface area (Å²) in [6.07, 6.45) is 9.32. The predicted molar refractivity (Wildman–Crippen MR) is 141 cm³/mol. The van der Waals surface area contributed by atoms with Gasteiger partial charge in [-0.1, -0.05) is 0 Å². The number of carbonyl (C=O) groups is 1. The summed E-state index contributed by atoms with van der Waals surface area (Å²) in [5, 5.41) is 0. The van der Waals surface area contributed by atoms with Gasteiger partial charge < -0.3 is 0 Å². The molecule has 186 valence electrons. The van der Waals surface area contributed by atoms with E-state index in [9.17, 15) is 4.79 Å². The van der Waals surface area contributed by atoms with Crippen LogP contribution < -0.4 is 0 Å². The van der Waals surface area contributed by atoms with Gasteiger partial charge in [0.2, 0.25) is 0 Å². The molecule has 33 heavy (non-hydrogen) atoms. The van der Waals surface area contributed by atoms with Crippen LogP contribution in [-0.4, -0.2) is 47.8 Å². The van der Waals surface area contributed by atoms with E-state index >= 15 is 0 Å². The number of carbonyl (C=O) groups excluding carboxylic acids is 1. The fourth-order valence-electron chi connectivity index (χ4n) is 4.65. The van der Waals surface area contributed by atoms with Gasteiger partial charge in [-0.25, -0.2) is 0 Å². The summed E-state index contributed by atoms with van der Waals surface area (Å²) in [5.74, 6) is 0. The van der Waals surface area contributed by atoms with Gasteiger partial charge in [-0.05, 0) is 0 Å². The molecule has 1 saturated heterocycles. The van der Waals surface area contributed by atoms with Gasteiger partial charge in [-0.3, -0.25) is 0 Å². The summed E-state index contributed by atoms with van der Waals surface area (Å²) < 4.78 is 18.9. The average molecular weight is 564 g/mol. The van der Waals surface area contributed by atoms with Gasteiger partial charge in [-0.15, -0.1) is 0 Å². The van der Waals surface area contributed by atoms with E-state index in [1.54, 1.807) is 0 Å². The Balaban J connectivity index is 2.34. The number of nitrogens with zero attached hydrogens (tertiary/aromatic N) is 1. The third-order valence-electron chi connectivity index (χ3n) is 6.52. The molecule has 0 N–H and O–H groups in total. The molecule has 0 unspecified atom stereocenters. The zero-order valence-electron chi connectivity index (χ0n) is 21.9. The number of ether oxygens (including phenoxy) is 2. The number of unbranched alkanes of at least 4 members (excludes halogenated alkanes) is 3. The second-order valence-electron chi connectivity index (χ2n) is 10.6. The van der Waals surface area contributed by atoms with Gasteiger partial charge in [0.25, 0.3) is 0 Å². The Morgan fingerprint density at radius 1 is 1.03 bits per heavy atom. The van der Waals surface area contributed by atoms with E-state index in [4.69, 9.17) is 9.47 Å². The first-order valence-corrected chi connectivity index (χ1v) is 20.8. The molecule has 1 aliphatic rings. The molecule has 0 bridgehead atoms. The molecule has 0 saturated carbocycles. The van der Waals surface area contributed by atoms with Gasteiger partial charge in [0.15, 0.2) is 0 Å². The van der Waals surface area contributed by atoms with E-state index in [-0.39, 0.29) is 18.4 Å². The molecule has 0 aromatic heterocycles. The van der Waals surface area contributed by atoms with E-state index in [0.717, 1.165) is 5.56 Å². The molecule has 0 aliphatic carbocycles. The minimum atomic E-state index is -2.48. The molecule has 1 aromatic rings. The summed E-state index contributed by atoms with van der Waals surface area (Å²) in [6.45, 7) is 13.2. The summed E-state index contributed by atoms with van der Waals surface area (Å²) >= 11 is -2.48. The second kappa shape index (κ2) is 13.8. The average Bonchev–Trinajstić information content (AvgIpc) is 3.22. The van der Waals surface area contributed by atoms with E-state index in [2.05, 4.69) is 43.1 Å². The van der Waals surface area contributed by atoms with Crippen LogP contribution in [0.4, 0.5) is 4.79 Å². The Morgan fingerprint density at radius 2 is 1.58 bits per heavy atom. The molecule has 5 heteroatoms. The first kappa shape index (κ1) is 28.2. The van der Waals surface area contributed by atoms with E-state index in [0.29, 0.717) is 6.61 Å². The standard InChI is InChI=1S/C16H20NO3.3C4H9.Sn/c1-5-14-17(15(18)20-16(2,3)4)13(11-19-14)12-9-7-6-8-10-12;3*1-3-4-2;/h1,5-10,13-14H,11H2,2-4H3;3*1,3-4H2,2H3;/t13-,14-;;;;/m0..../s1. The fourth-order valence-corrected chi connectivity index (χ4v) is 18.9. The Morgan fingerprint density at radius 3 is 2.06 bits per heavy atom. The molecule has 1 fully saturated rings. The first-order valence-electron chi connectivity index (χ1n) is 13.1. The molecular formula is C28H47NO3Sn.